The van der Waals surface area contributed by atoms with E-state index >= 15 is 0 Å². The predicted octanol–water partition coefficient (Wildman–Crippen LogP) is -1.69. The quantitative estimate of drug-likeness (QED) is 0.495. The van der Waals surface area contributed by atoms with Crippen molar-refractivity contribution in [1.29, 1.82) is 0 Å². The van der Waals surface area contributed by atoms with Crippen LogP contribution in [0.2, 0.25) is 0 Å². The van der Waals surface area contributed by atoms with Gasteiger partial charge < -0.3 is 25.2 Å². The number of nitrogens with zero attached hydrogens (tertiary/aromatic N) is 1. The Bertz CT molecular complexity index is 841. The van der Waals surface area contributed by atoms with Crippen LogP contribution in [0.3, 0.4) is 0 Å². The van der Waals surface area contributed by atoms with Crippen LogP contribution in [0.15, 0.2) is 29.1 Å². The molecule has 0 bridgehead atoms. The van der Waals surface area contributed by atoms with E-state index in [0.717, 1.165) is 39.1 Å². The average Bonchev–Trinajstić information content (AvgIpc) is 2.66. The van der Waals surface area contributed by atoms with Gasteiger partial charge in [0.25, 0.3) is 11.5 Å². The maximum Gasteiger partial charge on any atom is 0.267 e. The number of nitrogens with two attached hydrogens (primary N) is 1. The molecule has 7 nitrogen and oxygen atoms in total. The van der Waals surface area contributed by atoms with Gasteiger partial charge in [-0.15, -0.1) is 0 Å². The number of aryl methyl sites for hydroxylation is 1. The van der Waals surface area contributed by atoms with Crippen LogP contribution in [-0.2, 0) is 6.54 Å². The van der Waals surface area contributed by atoms with Crippen molar-refractivity contribution in [2.24, 2.45) is 0 Å². The van der Waals surface area contributed by atoms with Gasteiger partial charge in [-0.3, -0.25) is 9.59 Å². The van der Waals surface area contributed by atoms with Crippen molar-refractivity contribution in [3.63, 3.8) is 0 Å². The summed E-state index contributed by atoms with van der Waals surface area (Å²) in [7, 11) is 0. The number of pyridine rings is 1. The molecule has 0 unspecified atom stereocenters. The number of carbonyl (C=O) groups excluding carboxylic acids is 1. The Balaban J connectivity index is 1.84. The maximum atomic E-state index is 12.8. The molecule has 1 aromatic carbocycles. The molecule has 140 valence electrons. The van der Waals surface area contributed by atoms with Gasteiger partial charge in [-0.2, -0.15) is 0 Å². The molecule has 2 heterocycles. The number of para-hydroxylation sites is 1. The minimum absolute atomic E-state index is 0.154. The second-order valence-electron chi connectivity index (χ2n) is 6.82. The number of benzene rings is 1. The number of amides is 1. The van der Waals surface area contributed by atoms with E-state index in [4.69, 9.17) is 0 Å². The van der Waals surface area contributed by atoms with Crippen molar-refractivity contribution < 1.29 is 20.1 Å². The third kappa shape index (κ3) is 3.73. The Morgan fingerprint density at radius 1 is 1.31 bits per heavy atom. The van der Waals surface area contributed by atoms with Crippen LogP contribution in [0.5, 0.6) is 5.75 Å². The lowest BCUT2D eigenvalue weighted by Crippen LogP contribution is -3.20. The third-order valence-electron chi connectivity index (χ3n) is 4.99. The highest BCUT2D eigenvalue weighted by Gasteiger charge is 2.22. The summed E-state index contributed by atoms with van der Waals surface area (Å²) < 4.78 is 1.58. The van der Waals surface area contributed by atoms with Gasteiger partial charge in [-0.05, 0) is 18.6 Å². The van der Waals surface area contributed by atoms with E-state index in [1.165, 1.54) is 4.90 Å². The fourth-order valence-electron chi connectivity index (χ4n) is 3.61. The van der Waals surface area contributed by atoms with E-state index in [0.29, 0.717) is 24.0 Å². The first-order chi connectivity index (χ1) is 12.6. The normalized spacial score (nSPS) is 15.3. The number of nitrogens with one attached hydrogen (secondary N) is 2. The molecular formula is C19H28N4O3+2. The molecule has 0 radical (unpaired) electrons. The SMILES string of the molecule is CCCn1c(=O)c(C(=O)NCC[NH+]2CC[NH2+]CC2)c(O)c2ccccc21. The molecule has 1 aliphatic heterocycles. The van der Waals surface area contributed by atoms with Gasteiger partial charge in [0, 0.05) is 11.9 Å². The molecule has 26 heavy (non-hydrogen) atoms. The van der Waals surface area contributed by atoms with E-state index in [1.54, 1.807) is 22.8 Å². The minimum Gasteiger partial charge on any atom is -0.506 e. The highest BCUT2D eigenvalue weighted by molar-refractivity contribution is 6.02. The fraction of sp³-hybridized carbons (Fsp3) is 0.474. The standard InChI is InChI=1S/C19H26N4O3/c1-2-10-23-15-6-4-3-5-14(15)17(24)16(19(23)26)18(25)21-9-13-22-11-7-20-8-12-22/h3-6,20,24H,2,7-13H2,1H3,(H,21,25)/p+2. The van der Waals surface area contributed by atoms with Crippen molar-refractivity contribution in [1.82, 2.24) is 9.88 Å². The fourth-order valence-corrected chi connectivity index (χ4v) is 3.61. The Hall–Kier alpha value is -2.38. The Morgan fingerprint density at radius 2 is 2.04 bits per heavy atom. The van der Waals surface area contributed by atoms with Gasteiger partial charge in [0.1, 0.15) is 37.5 Å². The number of hydrogen-bond acceptors (Lipinski definition) is 3. The lowest BCUT2D eigenvalue weighted by Gasteiger charge is -2.22. The number of piperazine rings is 1. The molecule has 1 fully saturated rings. The summed E-state index contributed by atoms with van der Waals surface area (Å²) in [6, 6.07) is 7.15. The molecule has 0 atom stereocenters. The Morgan fingerprint density at radius 3 is 2.77 bits per heavy atom. The second-order valence-corrected chi connectivity index (χ2v) is 6.82. The van der Waals surface area contributed by atoms with Crippen LogP contribution in [0.1, 0.15) is 23.7 Å². The van der Waals surface area contributed by atoms with Crippen LogP contribution >= 0.6 is 0 Å². The first kappa shape index (κ1) is 18.4. The smallest absolute Gasteiger partial charge is 0.267 e. The molecule has 1 saturated heterocycles. The van der Waals surface area contributed by atoms with E-state index in [1.807, 2.05) is 13.0 Å². The molecule has 2 aromatic rings. The number of aromatic hydroxyl groups is 1. The molecular weight excluding hydrogens is 332 g/mol. The van der Waals surface area contributed by atoms with Gasteiger partial charge in [-0.1, -0.05) is 19.1 Å². The van der Waals surface area contributed by atoms with Crippen molar-refractivity contribution in [2.45, 2.75) is 19.9 Å². The van der Waals surface area contributed by atoms with E-state index in [9.17, 15) is 14.7 Å². The summed E-state index contributed by atoms with van der Waals surface area (Å²) >= 11 is 0. The summed E-state index contributed by atoms with van der Waals surface area (Å²) in [5.74, 6) is -0.721. The monoisotopic (exact) mass is 360 g/mol. The van der Waals surface area contributed by atoms with Crippen molar-refractivity contribution >= 4 is 16.8 Å². The Labute approximate surface area is 152 Å². The highest BCUT2D eigenvalue weighted by atomic mass is 16.3. The van der Waals surface area contributed by atoms with Gasteiger partial charge in [0.15, 0.2) is 0 Å². The van der Waals surface area contributed by atoms with Crippen LogP contribution in [-0.4, -0.2) is 54.8 Å². The maximum absolute atomic E-state index is 12.8. The molecule has 1 amide bonds. The van der Waals surface area contributed by atoms with Gasteiger partial charge in [-0.25, -0.2) is 0 Å². The minimum atomic E-state index is -0.494. The van der Waals surface area contributed by atoms with E-state index < -0.39 is 11.5 Å². The second kappa shape index (κ2) is 8.33. The number of fused-ring (bicyclic) bond motifs is 1. The molecule has 0 spiro atoms. The predicted molar refractivity (Wildman–Crippen MR) is 99.7 cm³/mol. The van der Waals surface area contributed by atoms with Crippen LogP contribution in [0.4, 0.5) is 0 Å². The molecule has 0 aliphatic carbocycles. The summed E-state index contributed by atoms with van der Waals surface area (Å²) in [6.07, 6.45) is 0.769. The zero-order valence-corrected chi connectivity index (χ0v) is 15.3. The summed E-state index contributed by atoms with van der Waals surface area (Å²) in [4.78, 5) is 26.9. The lowest BCUT2D eigenvalue weighted by atomic mass is 10.1. The molecule has 0 saturated carbocycles. The number of aromatic nitrogens is 1. The first-order valence-corrected chi connectivity index (χ1v) is 9.41. The van der Waals surface area contributed by atoms with Crippen molar-refractivity contribution in [3.05, 3.63) is 40.2 Å². The van der Waals surface area contributed by atoms with E-state index in [2.05, 4.69) is 10.6 Å². The Kier molecular flexibility index (Phi) is 5.90. The third-order valence-corrected chi connectivity index (χ3v) is 4.99. The zero-order valence-electron chi connectivity index (χ0n) is 15.3. The highest BCUT2D eigenvalue weighted by Crippen LogP contribution is 2.26. The first-order valence-electron chi connectivity index (χ1n) is 9.41. The molecule has 3 rings (SSSR count). The largest absolute Gasteiger partial charge is 0.506 e. The summed E-state index contributed by atoms with van der Waals surface area (Å²) in [5, 5.41) is 16.2. The van der Waals surface area contributed by atoms with Crippen LogP contribution in [0, 0.1) is 0 Å². The molecule has 1 aliphatic rings. The molecule has 5 N–H and O–H groups in total. The lowest BCUT2D eigenvalue weighted by molar-refractivity contribution is -0.945. The van der Waals surface area contributed by atoms with Crippen LogP contribution in [0.25, 0.3) is 10.9 Å². The number of hydrogen-bond donors (Lipinski definition) is 4. The number of rotatable bonds is 6. The topological polar surface area (TPSA) is 92.4 Å². The molecule has 7 heteroatoms. The van der Waals surface area contributed by atoms with Crippen LogP contribution < -0.4 is 21.1 Å². The number of quaternary nitrogens is 2. The number of carbonyl (C=O) groups is 1. The van der Waals surface area contributed by atoms with Gasteiger partial charge >= 0.3 is 0 Å². The summed E-state index contributed by atoms with van der Waals surface area (Å²) in [5.41, 5.74) is 0.0713. The van der Waals surface area contributed by atoms with Crippen molar-refractivity contribution in [2.75, 3.05) is 39.3 Å². The average molecular weight is 360 g/mol. The van der Waals surface area contributed by atoms with Gasteiger partial charge in [0.2, 0.25) is 0 Å². The molecule has 1 aromatic heterocycles. The zero-order chi connectivity index (χ0) is 18.5. The van der Waals surface area contributed by atoms with Gasteiger partial charge in [0.05, 0.1) is 18.6 Å². The van der Waals surface area contributed by atoms with Crippen molar-refractivity contribution in [3.8, 4) is 5.75 Å². The van der Waals surface area contributed by atoms with E-state index in [-0.39, 0.29) is 11.3 Å². The summed E-state index contributed by atoms with van der Waals surface area (Å²) in [6.45, 7) is 8.19.